The van der Waals surface area contributed by atoms with Gasteiger partial charge in [-0.05, 0) is 42.5 Å². The molecule has 0 aliphatic heterocycles. The molecular weight excluding hydrogens is 405 g/mol. The lowest BCUT2D eigenvalue weighted by Gasteiger charge is -2.02. The average Bonchev–Trinajstić information content (AvgIpc) is 3.30. The molecule has 136 valence electrons. The molecule has 9 heteroatoms. The molecule has 3 N–H and O–H groups in total. The Labute approximate surface area is 168 Å². The number of fused-ring (bicyclic) bond motifs is 1. The molecule has 4 rings (SSSR count). The Morgan fingerprint density at radius 3 is 2.74 bits per heavy atom. The van der Waals surface area contributed by atoms with Crippen LogP contribution < -0.4 is 10.6 Å². The Balaban J connectivity index is 1.58. The van der Waals surface area contributed by atoms with Crippen LogP contribution in [0.15, 0.2) is 42.5 Å². The number of benzene rings is 2. The second-order valence-corrected chi connectivity index (χ2v) is 7.31. The SMILES string of the molecule is CNC(=O)c1cc2cc(Nc3nc(-c4ccc(Cl)c(Cl)c4)ns3)ccc2[nH]1. The summed E-state index contributed by atoms with van der Waals surface area (Å²) in [7, 11) is 1.60. The van der Waals surface area contributed by atoms with Gasteiger partial charge in [0.05, 0.1) is 10.0 Å². The van der Waals surface area contributed by atoms with E-state index >= 15 is 0 Å². The van der Waals surface area contributed by atoms with Crippen molar-refractivity contribution < 1.29 is 4.79 Å². The quantitative estimate of drug-likeness (QED) is 0.431. The fourth-order valence-electron chi connectivity index (χ4n) is 2.62. The summed E-state index contributed by atoms with van der Waals surface area (Å²) in [4.78, 5) is 19.3. The number of halogens is 2. The van der Waals surface area contributed by atoms with E-state index in [-0.39, 0.29) is 5.91 Å². The zero-order chi connectivity index (χ0) is 19.0. The molecule has 0 fully saturated rings. The van der Waals surface area contributed by atoms with Gasteiger partial charge in [-0.1, -0.05) is 23.2 Å². The Bertz CT molecular complexity index is 1150. The van der Waals surface area contributed by atoms with Gasteiger partial charge in [0.15, 0.2) is 5.82 Å². The molecule has 2 aromatic heterocycles. The number of carbonyl (C=O) groups is 1. The van der Waals surface area contributed by atoms with E-state index in [0.717, 1.165) is 22.2 Å². The highest BCUT2D eigenvalue weighted by atomic mass is 35.5. The smallest absolute Gasteiger partial charge is 0.267 e. The minimum Gasteiger partial charge on any atom is -0.354 e. The molecule has 0 aliphatic carbocycles. The number of aromatic nitrogens is 3. The third-order valence-corrected chi connectivity index (χ3v) is 5.32. The van der Waals surface area contributed by atoms with Crippen LogP contribution in [-0.4, -0.2) is 27.3 Å². The van der Waals surface area contributed by atoms with Crippen LogP contribution in [0, 0.1) is 0 Å². The van der Waals surface area contributed by atoms with Gasteiger partial charge in [0.1, 0.15) is 5.69 Å². The van der Waals surface area contributed by atoms with Gasteiger partial charge in [0.25, 0.3) is 5.91 Å². The van der Waals surface area contributed by atoms with Crippen LogP contribution in [-0.2, 0) is 0 Å². The predicted octanol–water partition coefficient (Wildman–Crippen LogP) is 5.10. The second-order valence-electron chi connectivity index (χ2n) is 5.74. The number of amides is 1. The van der Waals surface area contributed by atoms with Crippen molar-refractivity contribution in [2.24, 2.45) is 0 Å². The van der Waals surface area contributed by atoms with E-state index in [0.29, 0.717) is 26.7 Å². The summed E-state index contributed by atoms with van der Waals surface area (Å²) in [6.07, 6.45) is 0. The summed E-state index contributed by atoms with van der Waals surface area (Å²) in [6, 6.07) is 12.8. The molecule has 0 unspecified atom stereocenters. The highest BCUT2D eigenvalue weighted by Crippen LogP contribution is 2.30. The number of nitrogens with one attached hydrogen (secondary N) is 3. The molecule has 0 atom stereocenters. The van der Waals surface area contributed by atoms with Gasteiger partial charge in [-0.2, -0.15) is 9.36 Å². The van der Waals surface area contributed by atoms with Crippen molar-refractivity contribution >= 4 is 62.4 Å². The number of anilines is 2. The molecule has 6 nitrogen and oxygen atoms in total. The van der Waals surface area contributed by atoms with Gasteiger partial charge in [0, 0.05) is 40.7 Å². The Morgan fingerprint density at radius 1 is 1.11 bits per heavy atom. The summed E-state index contributed by atoms with van der Waals surface area (Å²) < 4.78 is 4.36. The zero-order valence-corrected chi connectivity index (χ0v) is 16.3. The summed E-state index contributed by atoms with van der Waals surface area (Å²) in [5.74, 6) is 0.418. The third-order valence-electron chi connectivity index (χ3n) is 3.95. The normalized spacial score (nSPS) is 10.9. The largest absolute Gasteiger partial charge is 0.354 e. The van der Waals surface area contributed by atoms with Crippen molar-refractivity contribution in [1.82, 2.24) is 19.7 Å². The maximum Gasteiger partial charge on any atom is 0.267 e. The molecule has 0 saturated carbocycles. The molecule has 4 aromatic rings. The highest BCUT2D eigenvalue weighted by Gasteiger charge is 2.11. The minimum absolute atomic E-state index is 0.156. The monoisotopic (exact) mass is 417 g/mol. The van der Waals surface area contributed by atoms with Crippen LogP contribution in [0.25, 0.3) is 22.3 Å². The van der Waals surface area contributed by atoms with Crippen molar-refractivity contribution in [2.45, 2.75) is 0 Å². The average molecular weight is 418 g/mol. The van der Waals surface area contributed by atoms with Crippen molar-refractivity contribution in [1.29, 1.82) is 0 Å². The Kier molecular flexibility index (Phi) is 4.73. The molecule has 1 amide bonds. The maximum atomic E-state index is 11.7. The molecule has 2 aromatic carbocycles. The first kappa shape index (κ1) is 17.8. The molecule has 0 aliphatic rings. The van der Waals surface area contributed by atoms with Gasteiger partial charge in [-0.25, -0.2) is 0 Å². The van der Waals surface area contributed by atoms with Gasteiger partial charge in [0.2, 0.25) is 5.13 Å². The molecule has 0 spiro atoms. The van der Waals surface area contributed by atoms with E-state index < -0.39 is 0 Å². The van der Waals surface area contributed by atoms with Gasteiger partial charge in [-0.3, -0.25) is 4.79 Å². The molecule has 0 bridgehead atoms. The maximum absolute atomic E-state index is 11.7. The van der Waals surface area contributed by atoms with Crippen LogP contribution in [0.5, 0.6) is 0 Å². The van der Waals surface area contributed by atoms with E-state index in [4.69, 9.17) is 23.2 Å². The number of H-pyrrole nitrogens is 1. The molecular formula is C18H13Cl2N5OS. The van der Waals surface area contributed by atoms with E-state index in [1.165, 1.54) is 11.5 Å². The second kappa shape index (κ2) is 7.19. The van der Waals surface area contributed by atoms with Gasteiger partial charge in [-0.15, -0.1) is 0 Å². The first-order valence-corrected chi connectivity index (χ1v) is 9.47. The number of hydrogen-bond donors (Lipinski definition) is 3. The minimum atomic E-state index is -0.156. The van der Waals surface area contributed by atoms with Crippen molar-refractivity contribution in [3.63, 3.8) is 0 Å². The van der Waals surface area contributed by atoms with E-state index in [9.17, 15) is 4.79 Å². The number of hydrogen-bond acceptors (Lipinski definition) is 5. The number of rotatable bonds is 4. The Morgan fingerprint density at radius 2 is 1.96 bits per heavy atom. The van der Waals surface area contributed by atoms with E-state index in [2.05, 4.69) is 25.0 Å². The van der Waals surface area contributed by atoms with Gasteiger partial charge >= 0.3 is 0 Å². The predicted molar refractivity (Wildman–Crippen MR) is 110 cm³/mol. The Hall–Kier alpha value is -2.61. The number of carbonyl (C=O) groups excluding carboxylic acids is 1. The van der Waals surface area contributed by atoms with Crippen LogP contribution >= 0.6 is 34.7 Å². The third kappa shape index (κ3) is 3.62. The van der Waals surface area contributed by atoms with Crippen molar-refractivity contribution in [3.8, 4) is 11.4 Å². The molecule has 27 heavy (non-hydrogen) atoms. The zero-order valence-electron chi connectivity index (χ0n) is 14.0. The van der Waals surface area contributed by atoms with Crippen LogP contribution in [0.4, 0.5) is 10.8 Å². The van der Waals surface area contributed by atoms with E-state index in [1.807, 2.05) is 24.3 Å². The molecule has 2 heterocycles. The summed E-state index contributed by atoms with van der Waals surface area (Å²) in [5.41, 5.74) is 3.04. The first-order valence-electron chi connectivity index (χ1n) is 7.94. The summed E-state index contributed by atoms with van der Waals surface area (Å²) in [6.45, 7) is 0. The highest BCUT2D eigenvalue weighted by molar-refractivity contribution is 7.09. The van der Waals surface area contributed by atoms with Crippen molar-refractivity contribution in [2.75, 3.05) is 12.4 Å². The van der Waals surface area contributed by atoms with Gasteiger partial charge < -0.3 is 15.6 Å². The summed E-state index contributed by atoms with van der Waals surface area (Å²) in [5, 5.41) is 8.36. The topological polar surface area (TPSA) is 82.7 Å². The number of aromatic amines is 1. The summed E-state index contributed by atoms with van der Waals surface area (Å²) >= 11 is 13.3. The first-order chi connectivity index (χ1) is 13.0. The molecule has 0 saturated heterocycles. The van der Waals surface area contributed by atoms with Crippen LogP contribution in [0.3, 0.4) is 0 Å². The lowest BCUT2D eigenvalue weighted by atomic mass is 10.2. The van der Waals surface area contributed by atoms with E-state index in [1.54, 1.807) is 25.2 Å². The van der Waals surface area contributed by atoms with Crippen LogP contribution in [0.1, 0.15) is 10.5 Å². The van der Waals surface area contributed by atoms with Crippen molar-refractivity contribution in [3.05, 3.63) is 58.2 Å². The standard InChI is InChI=1S/C18H13Cl2N5OS/c1-21-17(26)15-8-10-6-11(3-5-14(10)23-15)22-18-24-16(25-27-18)9-2-4-12(19)13(20)7-9/h2-8,23H,1H3,(H,21,26)(H,22,24,25). The fourth-order valence-corrected chi connectivity index (χ4v) is 3.53. The number of nitrogens with zero attached hydrogens (tertiary/aromatic N) is 2. The lowest BCUT2D eigenvalue weighted by Crippen LogP contribution is -2.17. The fraction of sp³-hybridized carbons (Fsp3) is 0.0556. The van der Waals surface area contributed by atoms with Crippen LogP contribution in [0.2, 0.25) is 10.0 Å². The lowest BCUT2D eigenvalue weighted by molar-refractivity contribution is 0.0959. The molecule has 0 radical (unpaired) electrons.